The van der Waals surface area contributed by atoms with Crippen LogP contribution in [-0.2, 0) is 6.54 Å². The molecule has 0 saturated heterocycles. The predicted molar refractivity (Wildman–Crippen MR) is 101 cm³/mol. The van der Waals surface area contributed by atoms with Gasteiger partial charge in [0.25, 0.3) is 0 Å². The van der Waals surface area contributed by atoms with Gasteiger partial charge < -0.3 is 10.3 Å². The molecule has 0 aliphatic heterocycles. The number of hydrogen-bond donors (Lipinski definition) is 1. The van der Waals surface area contributed by atoms with E-state index in [0.29, 0.717) is 0 Å². The van der Waals surface area contributed by atoms with Crippen LogP contribution in [0.15, 0.2) is 85.3 Å². The van der Waals surface area contributed by atoms with E-state index in [1.54, 1.807) is 0 Å². The second-order valence-electron chi connectivity index (χ2n) is 5.92. The minimum absolute atomic E-state index is 0.738. The topological polar surface area (TPSA) is 56.7 Å². The molecule has 0 amide bonds. The third kappa shape index (κ3) is 3.28. The van der Waals surface area contributed by atoms with Gasteiger partial charge in [-0.2, -0.15) is 0 Å². The minimum Gasteiger partial charge on any atom is -0.399 e. The molecule has 0 atom stereocenters. The standard InChI is InChI=1S/C21H18N4/c22-19-5-3-4-16(14-19)15-25-13-12-24-21(25)18-9-7-17(8-10-18)20-6-1-2-11-23-20/h1-14H,15,22H2. The van der Waals surface area contributed by atoms with E-state index >= 15 is 0 Å². The van der Waals surface area contributed by atoms with Crippen molar-refractivity contribution in [1.29, 1.82) is 0 Å². The van der Waals surface area contributed by atoms with Crippen LogP contribution >= 0.6 is 0 Å². The lowest BCUT2D eigenvalue weighted by molar-refractivity contribution is 0.807. The molecule has 4 rings (SSSR count). The van der Waals surface area contributed by atoms with Gasteiger partial charge in [-0.3, -0.25) is 4.98 Å². The SMILES string of the molecule is Nc1cccc(Cn2ccnc2-c2ccc(-c3ccccn3)cc2)c1. The quantitative estimate of drug-likeness (QED) is 0.571. The number of nitrogens with zero attached hydrogens (tertiary/aromatic N) is 3. The first-order chi connectivity index (χ1) is 12.3. The van der Waals surface area contributed by atoms with Crippen LogP contribution in [0.25, 0.3) is 22.6 Å². The van der Waals surface area contributed by atoms with Crippen molar-refractivity contribution in [2.45, 2.75) is 6.54 Å². The molecular weight excluding hydrogens is 308 g/mol. The first-order valence-corrected chi connectivity index (χ1v) is 8.17. The maximum Gasteiger partial charge on any atom is 0.140 e. The predicted octanol–water partition coefficient (Wildman–Crippen LogP) is 4.24. The Hall–Kier alpha value is -3.40. The van der Waals surface area contributed by atoms with E-state index in [2.05, 4.69) is 44.9 Å². The number of nitrogens with two attached hydrogens (primary N) is 1. The monoisotopic (exact) mass is 326 g/mol. The van der Waals surface area contributed by atoms with Crippen molar-refractivity contribution in [1.82, 2.24) is 14.5 Å². The Balaban J connectivity index is 1.62. The summed E-state index contributed by atoms with van der Waals surface area (Å²) in [6, 6.07) is 22.2. The van der Waals surface area contributed by atoms with Crippen molar-refractivity contribution in [2.75, 3.05) is 5.73 Å². The number of nitrogen functional groups attached to an aromatic ring is 1. The molecule has 122 valence electrons. The molecule has 2 aromatic carbocycles. The Kier molecular flexibility index (Phi) is 4.01. The van der Waals surface area contributed by atoms with E-state index < -0.39 is 0 Å². The molecule has 0 aliphatic rings. The summed E-state index contributed by atoms with van der Waals surface area (Å²) >= 11 is 0. The van der Waals surface area contributed by atoms with Crippen LogP contribution in [0.5, 0.6) is 0 Å². The second-order valence-corrected chi connectivity index (χ2v) is 5.92. The second kappa shape index (κ2) is 6.61. The number of aromatic nitrogens is 3. The zero-order chi connectivity index (χ0) is 17.1. The van der Waals surface area contributed by atoms with Crippen LogP contribution in [0.1, 0.15) is 5.56 Å². The summed E-state index contributed by atoms with van der Waals surface area (Å²) in [6.07, 6.45) is 5.63. The lowest BCUT2D eigenvalue weighted by atomic mass is 10.1. The van der Waals surface area contributed by atoms with Crippen molar-refractivity contribution in [3.05, 3.63) is 90.9 Å². The lowest BCUT2D eigenvalue weighted by Crippen LogP contribution is -2.01. The molecule has 0 aliphatic carbocycles. The summed E-state index contributed by atoms with van der Waals surface area (Å²) in [7, 11) is 0. The summed E-state index contributed by atoms with van der Waals surface area (Å²) in [4.78, 5) is 8.91. The van der Waals surface area contributed by atoms with Crippen molar-refractivity contribution < 1.29 is 0 Å². The highest BCUT2D eigenvalue weighted by molar-refractivity contribution is 5.65. The Morgan fingerprint density at radius 3 is 2.40 bits per heavy atom. The van der Waals surface area contributed by atoms with Gasteiger partial charge in [0.15, 0.2) is 0 Å². The molecular formula is C21H18N4. The van der Waals surface area contributed by atoms with Crippen LogP contribution in [0, 0.1) is 0 Å². The van der Waals surface area contributed by atoms with Gasteiger partial charge in [0.2, 0.25) is 0 Å². The fourth-order valence-electron chi connectivity index (χ4n) is 2.91. The highest BCUT2D eigenvalue weighted by Gasteiger charge is 2.07. The maximum absolute atomic E-state index is 5.88. The van der Waals surface area contributed by atoms with Crippen molar-refractivity contribution in [3.63, 3.8) is 0 Å². The van der Waals surface area contributed by atoms with Crippen LogP contribution in [0.2, 0.25) is 0 Å². The molecule has 0 bridgehead atoms. The van der Waals surface area contributed by atoms with Crippen molar-refractivity contribution in [2.24, 2.45) is 0 Å². The van der Waals surface area contributed by atoms with E-state index in [1.165, 1.54) is 0 Å². The van der Waals surface area contributed by atoms with Crippen LogP contribution < -0.4 is 5.73 Å². The van der Waals surface area contributed by atoms with Gasteiger partial charge >= 0.3 is 0 Å². The molecule has 4 nitrogen and oxygen atoms in total. The maximum atomic E-state index is 5.88. The largest absolute Gasteiger partial charge is 0.399 e. The van der Waals surface area contributed by atoms with E-state index in [1.807, 2.05) is 55.0 Å². The summed E-state index contributed by atoms with van der Waals surface area (Å²) in [5, 5.41) is 0. The number of hydrogen-bond acceptors (Lipinski definition) is 3. The summed E-state index contributed by atoms with van der Waals surface area (Å²) in [5.74, 6) is 0.940. The van der Waals surface area contributed by atoms with Crippen LogP contribution in [0.4, 0.5) is 5.69 Å². The van der Waals surface area contributed by atoms with E-state index in [4.69, 9.17) is 5.73 Å². The van der Waals surface area contributed by atoms with Gasteiger partial charge in [0.05, 0.1) is 5.69 Å². The number of anilines is 1. The first-order valence-electron chi connectivity index (χ1n) is 8.17. The molecule has 0 unspecified atom stereocenters. The van der Waals surface area contributed by atoms with Gasteiger partial charge in [0, 0.05) is 41.9 Å². The lowest BCUT2D eigenvalue weighted by Gasteiger charge is -2.09. The molecule has 25 heavy (non-hydrogen) atoms. The van der Waals surface area contributed by atoms with Crippen LogP contribution in [0.3, 0.4) is 0 Å². The number of benzene rings is 2. The zero-order valence-corrected chi connectivity index (χ0v) is 13.7. The van der Waals surface area contributed by atoms with Gasteiger partial charge in [-0.25, -0.2) is 4.98 Å². The third-order valence-electron chi connectivity index (χ3n) is 4.12. The average molecular weight is 326 g/mol. The first kappa shape index (κ1) is 15.1. The smallest absolute Gasteiger partial charge is 0.140 e. The molecule has 4 aromatic rings. The molecule has 0 fully saturated rings. The fourth-order valence-corrected chi connectivity index (χ4v) is 2.91. The molecule has 2 heterocycles. The Bertz CT molecular complexity index is 972. The zero-order valence-electron chi connectivity index (χ0n) is 13.7. The van der Waals surface area contributed by atoms with E-state index in [-0.39, 0.29) is 0 Å². The van der Waals surface area contributed by atoms with Gasteiger partial charge in [-0.1, -0.05) is 42.5 Å². The highest BCUT2D eigenvalue weighted by atomic mass is 15.1. The number of rotatable bonds is 4. The molecule has 2 aromatic heterocycles. The van der Waals surface area contributed by atoms with Crippen LogP contribution in [-0.4, -0.2) is 14.5 Å². The highest BCUT2D eigenvalue weighted by Crippen LogP contribution is 2.23. The van der Waals surface area contributed by atoms with E-state index in [9.17, 15) is 0 Å². The Labute approximate surface area is 146 Å². The van der Waals surface area contributed by atoms with Crippen molar-refractivity contribution >= 4 is 5.69 Å². The average Bonchev–Trinajstić information content (AvgIpc) is 3.11. The molecule has 0 radical (unpaired) electrons. The number of pyridine rings is 1. The van der Waals surface area contributed by atoms with Gasteiger partial charge in [-0.15, -0.1) is 0 Å². The summed E-state index contributed by atoms with van der Waals surface area (Å²) in [5.41, 5.74) is 11.0. The molecule has 0 spiro atoms. The van der Waals surface area contributed by atoms with Gasteiger partial charge in [0.1, 0.15) is 5.82 Å². The van der Waals surface area contributed by atoms with E-state index in [0.717, 1.165) is 40.4 Å². The Morgan fingerprint density at radius 2 is 1.64 bits per heavy atom. The summed E-state index contributed by atoms with van der Waals surface area (Å²) in [6.45, 7) is 0.738. The molecule has 0 saturated carbocycles. The van der Waals surface area contributed by atoms with Gasteiger partial charge in [-0.05, 0) is 29.8 Å². The number of imidazole rings is 1. The fraction of sp³-hybridized carbons (Fsp3) is 0.0476. The molecule has 2 N–H and O–H groups in total. The Morgan fingerprint density at radius 1 is 0.800 bits per heavy atom. The normalized spacial score (nSPS) is 10.7. The van der Waals surface area contributed by atoms with Crippen molar-refractivity contribution in [3.8, 4) is 22.6 Å². The third-order valence-corrected chi connectivity index (χ3v) is 4.12. The minimum atomic E-state index is 0.738. The summed E-state index contributed by atoms with van der Waals surface area (Å²) < 4.78 is 2.13. The molecule has 4 heteroatoms.